The van der Waals surface area contributed by atoms with E-state index < -0.39 is 11.6 Å². The highest BCUT2D eigenvalue weighted by Gasteiger charge is 2.55. The van der Waals surface area contributed by atoms with Crippen molar-refractivity contribution >= 4 is 11.8 Å². The number of terminal acetylenes is 1. The van der Waals surface area contributed by atoms with Crippen LogP contribution >= 0.6 is 0 Å². The molecule has 0 aromatic carbocycles. The molecule has 98 valence electrons. The average molecular weight is 248 g/mol. The van der Waals surface area contributed by atoms with Crippen LogP contribution in [-0.2, 0) is 9.59 Å². The van der Waals surface area contributed by atoms with E-state index in [1.807, 2.05) is 13.8 Å². The Labute approximate surface area is 108 Å². The summed E-state index contributed by atoms with van der Waals surface area (Å²) in [6.07, 6.45) is 8.02. The highest BCUT2D eigenvalue weighted by atomic mass is 16.2. The second-order valence-electron chi connectivity index (χ2n) is 5.44. The third kappa shape index (κ3) is 1.78. The smallest absolute Gasteiger partial charge is 0.250 e. The van der Waals surface area contributed by atoms with Crippen molar-refractivity contribution in [1.82, 2.24) is 10.2 Å². The molecule has 0 bridgehead atoms. The number of carbonyl (C=O) groups is 2. The Kier molecular flexibility index (Phi) is 3.10. The molecule has 4 heteroatoms. The number of hydrogen-bond donors (Lipinski definition) is 1. The topological polar surface area (TPSA) is 49.4 Å². The van der Waals surface area contributed by atoms with Crippen LogP contribution in [0.2, 0.25) is 0 Å². The predicted molar refractivity (Wildman–Crippen MR) is 68.5 cm³/mol. The SMILES string of the molecule is C#CC(C)N1C(=O)C(C)(C2CC2)NC(=O)C1CC. The molecule has 2 fully saturated rings. The molecule has 3 atom stereocenters. The molecule has 1 saturated heterocycles. The van der Waals surface area contributed by atoms with Gasteiger partial charge in [-0.25, -0.2) is 0 Å². The van der Waals surface area contributed by atoms with E-state index in [1.165, 1.54) is 0 Å². The van der Waals surface area contributed by atoms with E-state index in [1.54, 1.807) is 11.8 Å². The van der Waals surface area contributed by atoms with Crippen LogP contribution in [0.1, 0.15) is 40.0 Å². The van der Waals surface area contributed by atoms with Gasteiger partial charge in [-0.05, 0) is 39.0 Å². The Morgan fingerprint density at radius 3 is 2.61 bits per heavy atom. The first-order valence-electron chi connectivity index (χ1n) is 6.56. The zero-order valence-corrected chi connectivity index (χ0v) is 11.2. The maximum absolute atomic E-state index is 12.7. The molecule has 1 N–H and O–H groups in total. The number of nitrogens with one attached hydrogen (secondary N) is 1. The lowest BCUT2D eigenvalue weighted by molar-refractivity contribution is -0.156. The normalized spacial score (nSPS) is 33.9. The number of carbonyl (C=O) groups excluding carboxylic acids is 2. The number of amides is 2. The van der Waals surface area contributed by atoms with E-state index in [9.17, 15) is 9.59 Å². The van der Waals surface area contributed by atoms with Gasteiger partial charge in [-0.2, -0.15) is 0 Å². The van der Waals surface area contributed by atoms with E-state index in [0.717, 1.165) is 12.8 Å². The van der Waals surface area contributed by atoms with Gasteiger partial charge in [0.15, 0.2) is 0 Å². The van der Waals surface area contributed by atoms with Crippen LogP contribution in [0.15, 0.2) is 0 Å². The fraction of sp³-hybridized carbons (Fsp3) is 0.714. The number of hydrogen-bond acceptors (Lipinski definition) is 2. The fourth-order valence-corrected chi connectivity index (χ4v) is 2.77. The van der Waals surface area contributed by atoms with Gasteiger partial charge < -0.3 is 10.2 Å². The van der Waals surface area contributed by atoms with Gasteiger partial charge in [-0.15, -0.1) is 6.42 Å². The summed E-state index contributed by atoms with van der Waals surface area (Å²) in [7, 11) is 0. The first-order chi connectivity index (χ1) is 8.45. The van der Waals surface area contributed by atoms with E-state index >= 15 is 0 Å². The van der Waals surface area contributed by atoms with Crippen molar-refractivity contribution in [2.24, 2.45) is 5.92 Å². The lowest BCUT2D eigenvalue weighted by Crippen LogP contribution is -2.71. The summed E-state index contributed by atoms with van der Waals surface area (Å²) >= 11 is 0. The highest BCUT2D eigenvalue weighted by molar-refractivity contribution is 6.00. The minimum atomic E-state index is -0.756. The molecule has 2 amide bonds. The van der Waals surface area contributed by atoms with Crippen molar-refractivity contribution in [2.45, 2.75) is 57.7 Å². The Hall–Kier alpha value is -1.50. The van der Waals surface area contributed by atoms with Gasteiger partial charge in [0.1, 0.15) is 11.6 Å². The van der Waals surface area contributed by atoms with E-state index in [4.69, 9.17) is 6.42 Å². The second kappa shape index (κ2) is 4.31. The first-order valence-corrected chi connectivity index (χ1v) is 6.56. The Balaban J connectivity index is 2.35. The van der Waals surface area contributed by atoms with Gasteiger partial charge in [0.2, 0.25) is 11.8 Å². The van der Waals surface area contributed by atoms with Crippen LogP contribution in [0.3, 0.4) is 0 Å². The average Bonchev–Trinajstić information content (AvgIpc) is 3.16. The molecule has 1 heterocycles. The third-order valence-electron chi connectivity index (χ3n) is 4.14. The van der Waals surface area contributed by atoms with Crippen LogP contribution in [0.4, 0.5) is 0 Å². The highest BCUT2D eigenvalue weighted by Crippen LogP contribution is 2.42. The van der Waals surface area contributed by atoms with E-state index in [-0.39, 0.29) is 23.8 Å². The van der Waals surface area contributed by atoms with Gasteiger partial charge >= 0.3 is 0 Å². The standard InChI is InChI=1S/C14H20N2O2/c1-5-9(3)16-11(6-2)12(17)15-14(4,13(16)18)10-7-8-10/h1,9-11H,6-8H2,2-4H3,(H,15,17). The van der Waals surface area contributed by atoms with Crippen molar-refractivity contribution < 1.29 is 9.59 Å². The molecule has 1 aliphatic carbocycles. The Morgan fingerprint density at radius 1 is 1.56 bits per heavy atom. The van der Waals surface area contributed by atoms with Gasteiger partial charge in [-0.1, -0.05) is 12.8 Å². The summed E-state index contributed by atoms with van der Waals surface area (Å²) in [5.74, 6) is 2.73. The predicted octanol–water partition coefficient (Wildman–Crippen LogP) is 0.914. The van der Waals surface area contributed by atoms with Crippen molar-refractivity contribution in [3.8, 4) is 12.3 Å². The molecule has 18 heavy (non-hydrogen) atoms. The molecule has 0 aromatic heterocycles. The van der Waals surface area contributed by atoms with Crippen molar-refractivity contribution in [3.05, 3.63) is 0 Å². The summed E-state index contributed by atoms with van der Waals surface area (Å²) in [6, 6.07) is -0.776. The van der Waals surface area contributed by atoms with Gasteiger partial charge in [0.05, 0.1) is 6.04 Å². The largest absolute Gasteiger partial charge is 0.340 e. The summed E-state index contributed by atoms with van der Waals surface area (Å²) in [5.41, 5.74) is -0.756. The molecular weight excluding hydrogens is 228 g/mol. The molecule has 1 saturated carbocycles. The lowest BCUT2D eigenvalue weighted by atomic mass is 9.88. The van der Waals surface area contributed by atoms with E-state index in [0.29, 0.717) is 6.42 Å². The number of nitrogens with zero attached hydrogens (tertiary/aromatic N) is 1. The van der Waals surface area contributed by atoms with Crippen molar-refractivity contribution in [2.75, 3.05) is 0 Å². The quantitative estimate of drug-likeness (QED) is 0.755. The molecule has 0 spiro atoms. The van der Waals surface area contributed by atoms with Crippen molar-refractivity contribution in [3.63, 3.8) is 0 Å². The first kappa shape index (κ1) is 12.9. The zero-order chi connectivity index (χ0) is 13.5. The molecule has 0 aromatic rings. The molecular formula is C14H20N2O2. The maximum Gasteiger partial charge on any atom is 0.250 e. The Morgan fingerprint density at radius 2 is 2.17 bits per heavy atom. The lowest BCUT2D eigenvalue weighted by Gasteiger charge is -2.46. The summed E-state index contributed by atoms with van der Waals surface area (Å²) in [6.45, 7) is 5.52. The zero-order valence-electron chi connectivity index (χ0n) is 11.2. The molecule has 3 unspecified atom stereocenters. The minimum absolute atomic E-state index is 0.0260. The van der Waals surface area contributed by atoms with Crippen LogP contribution in [-0.4, -0.2) is 34.3 Å². The second-order valence-corrected chi connectivity index (χ2v) is 5.44. The monoisotopic (exact) mass is 248 g/mol. The van der Waals surface area contributed by atoms with Crippen LogP contribution in [0.25, 0.3) is 0 Å². The molecule has 4 nitrogen and oxygen atoms in total. The molecule has 0 radical (unpaired) electrons. The third-order valence-corrected chi connectivity index (χ3v) is 4.14. The summed E-state index contributed by atoms with van der Waals surface area (Å²) in [5, 5.41) is 2.92. The number of rotatable bonds is 3. The van der Waals surface area contributed by atoms with Crippen LogP contribution in [0, 0.1) is 18.3 Å². The van der Waals surface area contributed by atoms with Gasteiger partial charge in [0, 0.05) is 0 Å². The number of piperazine rings is 1. The van der Waals surface area contributed by atoms with Crippen LogP contribution < -0.4 is 5.32 Å². The van der Waals surface area contributed by atoms with Crippen molar-refractivity contribution in [1.29, 1.82) is 0 Å². The maximum atomic E-state index is 12.7. The summed E-state index contributed by atoms with van der Waals surface area (Å²) in [4.78, 5) is 26.4. The fourth-order valence-electron chi connectivity index (χ4n) is 2.77. The van der Waals surface area contributed by atoms with E-state index in [2.05, 4.69) is 11.2 Å². The molecule has 2 aliphatic rings. The van der Waals surface area contributed by atoms with Gasteiger partial charge in [-0.3, -0.25) is 9.59 Å². The summed E-state index contributed by atoms with van der Waals surface area (Å²) < 4.78 is 0. The molecule has 2 rings (SSSR count). The molecule has 1 aliphatic heterocycles. The minimum Gasteiger partial charge on any atom is -0.340 e. The van der Waals surface area contributed by atoms with Crippen LogP contribution in [0.5, 0.6) is 0 Å². The Bertz CT molecular complexity index is 422. The van der Waals surface area contributed by atoms with Gasteiger partial charge in [0.25, 0.3) is 0 Å².